The molecule has 2 heterocycles. The minimum Gasteiger partial charge on any atom is -0.477 e. The molecule has 4 rings (SSSR count). The second-order valence-electron chi connectivity index (χ2n) is 8.39. The minimum absolute atomic E-state index is 0.0917. The predicted octanol–water partition coefficient (Wildman–Crippen LogP) is 4.34. The third kappa shape index (κ3) is 4.50. The highest BCUT2D eigenvalue weighted by Crippen LogP contribution is 2.53. The first-order chi connectivity index (χ1) is 17.1. The molecule has 192 valence electrons. The van der Waals surface area contributed by atoms with Gasteiger partial charge in [-0.2, -0.15) is 4.67 Å². The van der Waals surface area contributed by atoms with Gasteiger partial charge in [-0.3, -0.25) is 9.32 Å². The number of carboxylic acid groups (broad SMARTS) is 1. The number of para-hydroxylation sites is 1. The molecule has 0 spiro atoms. The fourth-order valence-electron chi connectivity index (χ4n) is 4.49. The number of aryl methyl sites for hydroxylation is 1. The number of carboxylic acids is 1. The molecule has 2 unspecified atom stereocenters. The molecule has 2 aromatic carbocycles. The summed E-state index contributed by atoms with van der Waals surface area (Å²) in [5.41, 5.74) is -2.03. The number of piperazine rings is 1. The summed E-state index contributed by atoms with van der Waals surface area (Å²) in [6.45, 7) is 3.87. The molecule has 1 saturated heterocycles. The Kier molecular flexibility index (Phi) is 7.17. The number of fused-ring (bicyclic) bond motifs is 1. The molecular formula is C24H26F2N3O6P. The number of hydrogen-bond donors (Lipinski definition) is 1. The lowest BCUT2D eigenvalue weighted by Crippen LogP contribution is -2.51. The van der Waals surface area contributed by atoms with Crippen LogP contribution in [0.2, 0.25) is 0 Å². The standard InChI is InChI=1S/C24H26F2N3O6P/c1-4-27-14-18(24(31)32)23(30)17-12-19(25)22(20(26)21(17)27)28-10-11-29(15(2)13-28)36(33,34-3)35-16-8-6-5-7-9-16/h5-9,12,14-15H,4,10-11,13H2,1-3H3,(H,31,32). The Morgan fingerprint density at radius 1 is 1.22 bits per heavy atom. The monoisotopic (exact) mass is 521 g/mol. The Labute approximate surface area is 206 Å². The van der Waals surface area contributed by atoms with E-state index in [2.05, 4.69) is 0 Å². The van der Waals surface area contributed by atoms with Crippen molar-refractivity contribution < 1.29 is 32.3 Å². The summed E-state index contributed by atoms with van der Waals surface area (Å²) in [4.78, 5) is 25.5. The molecule has 12 heteroatoms. The fourth-order valence-corrected chi connectivity index (χ4v) is 6.16. The Bertz CT molecular complexity index is 1410. The first-order valence-corrected chi connectivity index (χ1v) is 12.8. The highest BCUT2D eigenvalue weighted by molar-refractivity contribution is 7.51. The third-order valence-electron chi connectivity index (χ3n) is 6.22. The highest BCUT2D eigenvalue weighted by Gasteiger charge is 2.41. The van der Waals surface area contributed by atoms with Crippen molar-refractivity contribution in [2.75, 3.05) is 31.6 Å². The number of halogens is 2. The van der Waals surface area contributed by atoms with Gasteiger partial charge in [-0.1, -0.05) is 18.2 Å². The van der Waals surface area contributed by atoms with Gasteiger partial charge in [0, 0.05) is 45.5 Å². The van der Waals surface area contributed by atoms with Crippen LogP contribution in [0.1, 0.15) is 24.2 Å². The van der Waals surface area contributed by atoms with Crippen LogP contribution in [0.4, 0.5) is 14.5 Å². The molecule has 0 aliphatic carbocycles. The summed E-state index contributed by atoms with van der Waals surface area (Å²) in [7, 11) is -2.47. The van der Waals surface area contributed by atoms with Crippen molar-refractivity contribution in [1.29, 1.82) is 0 Å². The zero-order chi connectivity index (χ0) is 26.2. The van der Waals surface area contributed by atoms with Crippen molar-refractivity contribution >= 4 is 30.3 Å². The molecule has 3 aromatic rings. The molecule has 1 aromatic heterocycles. The summed E-state index contributed by atoms with van der Waals surface area (Å²) < 4.78 is 58.3. The van der Waals surface area contributed by atoms with Gasteiger partial charge >= 0.3 is 13.7 Å². The largest absolute Gasteiger partial charge is 0.477 e. The van der Waals surface area contributed by atoms with Crippen LogP contribution in [0.15, 0.2) is 47.4 Å². The summed E-state index contributed by atoms with van der Waals surface area (Å²) >= 11 is 0. The van der Waals surface area contributed by atoms with Crippen LogP contribution in [-0.2, 0) is 15.6 Å². The number of hydrogen-bond acceptors (Lipinski definition) is 6. The lowest BCUT2D eigenvalue weighted by molar-refractivity contribution is 0.0694. The quantitative estimate of drug-likeness (QED) is 0.459. The van der Waals surface area contributed by atoms with E-state index in [9.17, 15) is 19.3 Å². The number of aromatic carboxylic acids is 1. The van der Waals surface area contributed by atoms with E-state index >= 15 is 8.78 Å². The molecule has 1 aliphatic heterocycles. The normalized spacial score (nSPS) is 18.2. The highest BCUT2D eigenvalue weighted by atomic mass is 31.2. The van der Waals surface area contributed by atoms with E-state index in [-0.39, 0.29) is 42.8 Å². The minimum atomic E-state index is -3.75. The maximum atomic E-state index is 15.8. The number of benzene rings is 2. The zero-order valence-corrected chi connectivity index (χ0v) is 20.9. The number of anilines is 1. The van der Waals surface area contributed by atoms with Gasteiger partial charge in [0.15, 0.2) is 5.82 Å². The van der Waals surface area contributed by atoms with Crippen molar-refractivity contribution in [2.45, 2.75) is 26.4 Å². The van der Waals surface area contributed by atoms with Crippen LogP contribution in [0.3, 0.4) is 0 Å². The van der Waals surface area contributed by atoms with E-state index in [1.54, 1.807) is 44.2 Å². The summed E-state index contributed by atoms with van der Waals surface area (Å²) in [5, 5.41) is 8.97. The molecular weight excluding hydrogens is 495 g/mol. The van der Waals surface area contributed by atoms with Crippen molar-refractivity contribution in [1.82, 2.24) is 9.24 Å². The SMILES string of the molecule is CCn1cc(C(=O)O)c(=O)c2cc(F)c(N3CCN(P(=O)(OC)Oc4ccccc4)C(C)C3)c(F)c21. The molecule has 0 bridgehead atoms. The molecule has 1 fully saturated rings. The van der Waals surface area contributed by atoms with Crippen LogP contribution in [-0.4, -0.2) is 53.1 Å². The van der Waals surface area contributed by atoms with Gasteiger partial charge in [0.1, 0.15) is 22.8 Å². The Morgan fingerprint density at radius 2 is 1.92 bits per heavy atom. The predicted molar refractivity (Wildman–Crippen MR) is 131 cm³/mol. The first-order valence-electron chi connectivity index (χ1n) is 11.3. The molecule has 0 saturated carbocycles. The van der Waals surface area contributed by atoms with Gasteiger partial charge in [-0.25, -0.2) is 18.1 Å². The van der Waals surface area contributed by atoms with Crippen molar-refractivity contribution in [2.24, 2.45) is 0 Å². The van der Waals surface area contributed by atoms with E-state index < -0.39 is 42.4 Å². The van der Waals surface area contributed by atoms with Crippen LogP contribution in [0.25, 0.3) is 10.9 Å². The van der Waals surface area contributed by atoms with Gasteiger partial charge < -0.3 is 19.1 Å². The zero-order valence-electron chi connectivity index (χ0n) is 20.0. The molecule has 36 heavy (non-hydrogen) atoms. The Balaban J connectivity index is 1.69. The maximum Gasteiger partial charge on any atom is 0.461 e. The number of rotatable bonds is 7. The van der Waals surface area contributed by atoms with Crippen LogP contribution < -0.4 is 14.9 Å². The molecule has 0 amide bonds. The molecule has 1 aliphatic rings. The van der Waals surface area contributed by atoms with E-state index in [0.29, 0.717) is 5.75 Å². The smallest absolute Gasteiger partial charge is 0.461 e. The third-order valence-corrected chi connectivity index (χ3v) is 8.35. The van der Waals surface area contributed by atoms with Gasteiger partial charge in [-0.05, 0) is 32.0 Å². The Morgan fingerprint density at radius 3 is 2.50 bits per heavy atom. The summed E-state index contributed by atoms with van der Waals surface area (Å²) in [5.74, 6) is -3.06. The molecule has 2 atom stereocenters. The van der Waals surface area contributed by atoms with Crippen LogP contribution in [0.5, 0.6) is 5.75 Å². The lowest BCUT2D eigenvalue weighted by Gasteiger charge is -2.42. The number of pyridine rings is 1. The van der Waals surface area contributed by atoms with E-state index in [4.69, 9.17) is 9.05 Å². The van der Waals surface area contributed by atoms with Crippen LogP contribution in [0, 0.1) is 11.6 Å². The number of carbonyl (C=O) groups is 1. The molecule has 1 N–H and O–H groups in total. The van der Waals surface area contributed by atoms with E-state index in [0.717, 1.165) is 12.3 Å². The second kappa shape index (κ2) is 10.0. The summed E-state index contributed by atoms with van der Waals surface area (Å²) in [6.07, 6.45) is 1.06. The van der Waals surface area contributed by atoms with E-state index in [1.807, 2.05) is 0 Å². The second-order valence-corrected chi connectivity index (χ2v) is 10.4. The molecule has 9 nitrogen and oxygen atoms in total. The summed E-state index contributed by atoms with van der Waals surface area (Å²) in [6, 6.07) is 8.95. The lowest BCUT2D eigenvalue weighted by atomic mass is 10.1. The first kappa shape index (κ1) is 25.8. The van der Waals surface area contributed by atoms with Gasteiger partial charge in [0.05, 0.1) is 10.9 Å². The van der Waals surface area contributed by atoms with Gasteiger partial charge in [-0.15, -0.1) is 0 Å². The average Bonchev–Trinajstić information content (AvgIpc) is 2.85. The van der Waals surface area contributed by atoms with Crippen molar-refractivity contribution in [3.63, 3.8) is 0 Å². The maximum absolute atomic E-state index is 15.8. The number of nitrogens with zero attached hydrogens (tertiary/aromatic N) is 3. The Hall–Kier alpha value is -3.27. The van der Waals surface area contributed by atoms with Gasteiger partial charge in [0.2, 0.25) is 5.43 Å². The average molecular weight is 521 g/mol. The topological polar surface area (TPSA) is 101 Å². The van der Waals surface area contributed by atoms with Crippen molar-refractivity contribution in [3.05, 3.63) is 70.0 Å². The molecule has 0 radical (unpaired) electrons. The van der Waals surface area contributed by atoms with Gasteiger partial charge in [0.25, 0.3) is 0 Å². The van der Waals surface area contributed by atoms with Crippen molar-refractivity contribution in [3.8, 4) is 5.75 Å². The fraction of sp³-hybridized carbons (Fsp3) is 0.333. The number of aromatic nitrogens is 1. The van der Waals surface area contributed by atoms with E-state index in [1.165, 1.54) is 21.2 Å². The van der Waals surface area contributed by atoms with Crippen LogP contribution >= 0.6 is 7.75 Å².